The molecule has 177 valence electrons. The summed E-state index contributed by atoms with van der Waals surface area (Å²) in [5, 5.41) is 1.02. The number of anilines is 1. The maximum absolute atomic E-state index is 12.7. The van der Waals surface area contributed by atoms with Crippen molar-refractivity contribution in [2.45, 2.75) is 32.0 Å². The van der Waals surface area contributed by atoms with Gasteiger partial charge in [0.15, 0.2) is 0 Å². The van der Waals surface area contributed by atoms with Gasteiger partial charge in [0.1, 0.15) is 5.65 Å². The van der Waals surface area contributed by atoms with Crippen molar-refractivity contribution in [3.63, 3.8) is 0 Å². The molecule has 7 nitrogen and oxygen atoms in total. The SMILES string of the molecule is C[C@@H]1CN(c2cc(=O)n(C)c3ncccc23)C[C@@H]2c3ccc(C4=CCN([B]C=O)CC4)cc3CN12. The lowest BCUT2D eigenvalue weighted by Gasteiger charge is -2.43. The molecular formula is C27H29BN5O2. The molecule has 6 rings (SSSR count). The first kappa shape index (κ1) is 22.3. The number of benzene rings is 1. The zero-order chi connectivity index (χ0) is 24.1. The lowest BCUT2D eigenvalue weighted by molar-refractivity contribution is 0.134. The second kappa shape index (κ2) is 8.77. The second-order valence-electron chi connectivity index (χ2n) is 9.92. The monoisotopic (exact) mass is 466 g/mol. The van der Waals surface area contributed by atoms with E-state index in [9.17, 15) is 9.59 Å². The van der Waals surface area contributed by atoms with Crippen molar-refractivity contribution in [1.29, 1.82) is 0 Å². The number of rotatable bonds is 4. The molecule has 0 saturated carbocycles. The minimum atomic E-state index is -0.0252. The van der Waals surface area contributed by atoms with E-state index in [1.54, 1.807) is 31.3 Å². The fourth-order valence-electron chi connectivity index (χ4n) is 6.01. The Bertz CT molecular complexity index is 1400. The highest BCUT2D eigenvalue weighted by molar-refractivity contribution is 6.64. The van der Waals surface area contributed by atoms with Crippen LogP contribution in [0.1, 0.15) is 36.1 Å². The highest BCUT2D eigenvalue weighted by atomic mass is 16.1. The van der Waals surface area contributed by atoms with Crippen molar-refractivity contribution in [3.8, 4) is 0 Å². The van der Waals surface area contributed by atoms with Crippen LogP contribution in [0.15, 0.2) is 53.5 Å². The molecule has 2 aromatic heterocycles. The minimum Gasteiger partial charge on any atom is -0.367 e. The van der Waals surface area contributed by atoms with Gasteiger partial charge >= 0.3 is 0 Å². The summed E-state index contributed by atoms with van der Waals surface area (Å²) in [7, 11) is 3.41. The smallest absolute Gasteiger partial charge is 0.293 e. The minimum absolute atomic E-state index is 0.0252. The quantitative estimate of drug-likeness (QED) is 0.435. The maximum Gasteiger partial charge on any atom is 0.293 e. The molecular weight excluding hydrogens is 437 g/mol. The van der Waals surface area contributed by atoms with Crippen LogP contribution < -0.4 is 10.5 Å². The van der Waals surface area contributed by atoms with E-state index < -0.39 is 0 Å². The molecule has 3 aliphatic heterocycles. The van der Waals surface area contributed by atoms with Gasteiger partial charge in [-0.1, -0.05) is 18.2 Å². The number of hydrogen-bond donors (Lipinski definition) is 0. The molecule has 1 saturated heterocycles. The normalized spacial score (nSPS) is 22.6. The Balaban J connectivity index is 1.30. The Morgan fingerprint density at radius 1 is 1.17 bits per heavy atom. The van der Waals surface area contributed by atoms with Crippen LogP contribution in [0.5, 0.6) is 0 Å². The van der Waals surface area contributed by atoms with Crippen LogP contribution in [-0.2, 0) is 18.4 Å². The number of hydrogen-bond acceptors (Lipinski definition) is 6. The van der Waals surface area contributed by atoms with Gasteiger partial charge in [-0.25, -0.2) is 4.98 Å². The van der Waals surface area contributed by atoms with Crippen LogP contribution in [0.2, 0.25) is 0 Å². The highest BCUT2D eigenvalue weighted by Gasteiger charge is 2.39. The van der Waals surface area contributed by atoms with Crippen molar-refractivity contribution < 1.29 is 4.79 Å². The van der Waals surface area contributed by atoms with Crippen molar-refractivity contribution in [2.75, 3.05) is 31.1 Å². The molecule has 0 unspecified atom stereocenters. The fourth-order valence-corrected chi connectivity index (χ4v) is 6.01. The Labute approximate surface area is 205 Å². The lowest BCUT2D eigenvalue weighted by atomic mass is 9.89. The largest absolute Gasteiger partial charge is 0.367 e. The number of carbonyl (C=O) groups excluding carboxylic acids is 1. The number of nitrogens with zero attached hydrogens (tertiary/aromatic N) is 5. The van der Waals surface area contributed by atoms with E-state index in [2.05, 4.69) is 56.9 Å². The summed E-state index contributed by atoms with van der Waals surface area (Å²) in [6.07, 6.45) is 5.80. The molecule has 0 aliphatic carbocycles. The molecule has 3 aliphatic rings. The molecule has 0 N–H and O–H groups in total. The molecule has 1 aromatic carbocycles. The van der Waals surface area contributed by atoms with E-state index in [1.165, 1.54) is 22.3 Å². The second-order valence-corrected chi connectivity index (χ2v) is 9.92. The average Bonchev–Trinajstić information content (AvgIpc) is 3.25. The third-order valence-corrected chi connectivity index (χ3v) is 7.89. The number of pyridine rings is 2. The number of piperazine rings is 1. The van der Waals surface area contributed by atoms with Crippen LogP contribution in [0.4, 0.5) is 5.69 Å². The van der Waals surface area contributed by atoms with E-state index in [4.69, 9.17) is 0 Å². The van der Waals surface area contributed by atoms with Gasteiger partial charge in [0.25, 0.3) is 13.0 Å². The molecule has 1 radical (unpaired) electrons. The Morgan fingerprint density at radius 2 is 2.06 bits per heavy atom. The van der Waals surface area contributed by atoms with Crippen LogP contribution in [0.25, 0.3) is 16.6 Å². The number of carbonyl (C=O) groups is 1. The fraction of sp³-hybridized carbons (Fsp3) is 0.370. The van der Waals surface area contributed by atoms with Gasteiger partial charge in [-0.3, -0.25) is 14.3 Å². The van der Waals surface area contributed by atoms with Crippen LogP contribution in [0.3, 0.4) is 0 Å². The van der Waals surface area contributed by atoms with Gasteiger partial charge in [-0.15, -0.1) is 0 Å². The van der Waals surface area contributed by atoms with Gasteiger partial charge in [-0.2, -0.15) is 0 Å². The third kappa shape index (κ3) is 3.81. The maximum atomic E-state index is 12.7. The number of aromatic nitrogens is 2. The van der Waals surface area contributed by atoms with E-state index in [0.29, 0.717) is 12.1 Å². The molecule has 0 amide bonds. The van der Waals surface area contributed by atoms with Crippen molar-refractivity contribution in [2.24, 2.45) is 7.05 Å². The van der Waals surface area contributed by atoms with Gasteiger partial charge in [0.2, 0.25) is 0 Å². The summed E-state index contributed by atoms with van der Waals surface area (Å²) in [4.78, 5) is 35.0. The van der Waals surface area contributed by atoms with Crippen LogP contribution >= 0.6 is 0 Å². The van der Waals surface area contributed by atoms with Crippen molar-refractivity contribution in [3.05, 3.63) is 75.7 Å². The van der Waals surface area contributed by atoms with Gasteiger partial charge < -0.3 is 14.5 Å². The van der Waals surface area contributed by atoms with Crippen LogP contribution in [-0.4, -0.2) is 65.1 Å². The predicted molar refractivity (Wildman–Crippen MR) is 140 cm³/mol. The summed E-state index contributed by atoms with van der Waals surface area (Å²) in [6, 6.07) is 13.4. The topological polar surface area (TPSA) is 61.7 Å². The molecule has 1 fully saturated rings. The average molecular weight is 466 g/mol. The van der Waals surface area contributed by atoms with E-state index in [0.717, 1.165) is 62.1 Å². The summed E-state index contributed by atoms with van der Waals surface area (Å²) in [5.41, 5.74) is 7.14. The molecule has 5 heterocycles. The first-order valence-electron chi connectivity index (χ1n) is 12.3. The Kier molecular flexibility index (Phi) is 5.58. The van der Waals surface area contributed by atoms with Gasteiger partial charge in [0.05, 0.1) is 17.9 Å². The third-order valence-electron chi connectivity index (χ3n) is 7.89. The summed E-state index contributed by atoms with van der Waals surface area (Å²) >= 11 is 0. The summed E-state index contributed by atoms with van der Waals surface area (Å²) < 4.78 is 1.63. The summed E-state index contributed by atoms with van der Waals surface area (Å²) in [5.74, 6) is 0. The first-order chi connectivity index (χ1) is 17.0. The lowest BCUT2D eigenvalue weighted by Crippen LogP contribution is -2.51. The predicted octanol–water partition coefficient (Wildman–Crippen LogP) is 2.60. The standard InChI is InChI=1S/C27H29BN5O2/c1-18-14-31(24-13-26(35)30(2)27-23(24)4-3-9-29-27)16-25-22-6-5-20(12-21(22)15-33(18)25)19-7-10-32(11-8-19)28-17-34/h3-7,9,12-13,17-18,25H,8,10-11,14-16H2,1-2H3/t18-,25-/m1/s1. The molecule has 2 atom stereocenters. The van der Waals surface area contributed by atoms with E-state index in [1.807, 2.05) is 6.07 Å². The summed E-state index contributed by atoms with van der Waals surface area (Å²) in [6.45, 7) is 6.64. The van der Waals surface area contributed by atoms with Gasteiger partial charge in [0, 0.05) is 56.9 Å². The number of aryl methyl sites for hydroxylation is 1. The van der Waals surface area contributed by atoms with E-state index >= 15 is 0 Å². The van der Waals surface area contributed by atoms with Crippen LogP contribution in [0, 0.1) is 0 Å². The van der Waals surface area contributed by atoms with Gasteiger partial charge in [-0.05, 0) is 60.4 Å². The zero-order valence-corrected chi connectivity index (χ0v) is 20.2. The van der Waals surface area contributed by atoms with Crippen molar-refractivity contribution >= 4 is 35.9 Å². The van der Waals surface area contributed by atoms with E-state index in [-0.39, 0.29) is 5.56 Å². The molecule has 0 spiro atoms. The molecule has 35 heavy (non-hydrogen) atoms. The zero-order valence-electron chi connectivity index (χ0n) is 20.2. The van der Waals surface area contributed by atoms with Crippen molar-refractivity contribution in [1.82, 2.24) is 19.3 Å². The first-order valence-corrected chi connectivity index (χ1v) is 12.3. The molecule has 3 aromatic rings. The Hall–Kier alpha value is -3.23. The number of fused-ring (bicyclic) bond motifs is 4. The Morgan fingerprint density at radius 3 is 2.86 bits per heavy atom. The highest BCUT2D eigenvalue weighted by Crippen LogP contribution is 2.41. The molecule has 8 heteroatoms. The molecule has 0 bridgehead atoms.